The van der Waals surface area contributed by atoms with Crippen molar-refractivity contribution in [3.63, 3.8) is 0 Å². The third kappa shape index (κ3) is 3.58. The van der Waals surface area contributed by atoms with Gasteiger partial charge in [0.25, 0.3) is 0 Å². The van der Waals surface area contributed by atoms with Crippen molar-refractivity contribution in [3.8, 4) is 0 Å². The molecule has 2 atom stereocenters. The van der Waals surface area contributed by atoms with E-state index in [1.54, 1.807) is 6.92 Å². The minimum atomic E-state index is -0.313. The van der Waals surface area contributed by atoms with Crippen LogP contribution in [0.3, 0.4) is 0 Å². The van der Waals surface area contributed by atoms with Crippen LogP contribution in [0.4, 0.5) is 11.4 Å². The van der Waals surface area contributed by atoms with Gasteiger partial charge in [0.15, 0.2) is 0 Å². The summed E-state index contributed by atoms with van der Waals surface area (Å²) in [6.07, 6.45) is 0.383. The number of nitrogens with two attached hydrogens (primary N) is 1. The summed E-state index contributed by atoms with van der Waals surface area (Å²) in [5.41, 5.74) is 8.31. The first kappa shape index (κ1) is 13.1. The van der Waals surface area contributed by atoms with Gasteiger partial charge in [-0.25, -0.2) is 0 Å². The van der Waals surface area contributed by atoms with E-state index in [1.165, 1.54) is 0 Å². The first-order valence-electron chi connectivity index (χ1n) is 5.40. The van der Waals surface area contributed by atoms with Crippen LogP contribution in [0.1, 0.15) is 25.8 Å². The van der Waals surface area contributed by atoms with E-state index in [0.29, 0.717) is 17.1 Å². The molecule has 0 saturated heterocycles. The number of nitrogens with one attached hydrogen (secondary N) is 1. The van der Waals surface area contributed by atoms with Crippen LogP contribution in [-0.4, -0.2) is 17.3 Å². The monoisotopic (exact) mass is 242 g/mol. The number of hydrogen-bond donors (Lipinski definition) is 3. The van der Waals surface area contributed by atoms with Gasteiger partial charge in [-0.15, -0.1) is 0 Å². The topological polar surface area (TPSA) is 58.3 Å². The van der Waals surface area contributed by atoms with Crippen LogP contribution in [0, 0.1) is 6.92 Å². The molecular formula is C12H19ClN2O. The van der Waals surface area contributed by atoms with Crippen LogP contribution in [-0.2, 0) is 0 Å². The molecule has 2 unspecified atom stereocenters. The molecule has 0 aliphatic rings. The zero-order chi connectivity index (χ0) is 12.3. The quantitative estimate of drug-likeness (QED) is 0.712. The Morgan fingerprint density at radius 1 is 1.44 bits per heavy atom. The Bertz CT molecular complexity index is 366. The molecule has 0 spiro atoms. The van der Waals surface area contributed by atoms with Gasteiger partial charge < -0.3 is 16.2 Å². The van der Waals surface area contributed by atoms with Crippen molar-refractivity contribution in [2.24, 2.45) is 0 Å². The first-order chi connectivity index (χ1) is 7.40. The summed E-state index contributed by atoms with van der Waals surface area (Å²) in [6, 6.07) is 3.86. The van der Waals surface area contributed by atoms with Crippen molar-refractivity contribution in [3.05, 3.63) is 22.7 Å². The highest BCUT2D eigenvalue weighted by Crippen LogP contribution is 2.27. The largest absolute Gasteiger partial charge is 0.398 e. The van der Waals surface area contributed by atoms with E-state index in [-0.39, 0.29) is 12.1 Å². The number of hydrogen-bond acceptors (Lipinski definition) is 3. The molecule has 0 fully saturated rings. The third-order valence-corrected chi connectivity index (χ3v) is 2.77. The Kier molecular flexibility index (Phi) is 4.44. The van der Waals surface area contributed by atoms with E-state index in [2.05, 4.69) is 5.32 Å². The molecule has 1 rings (SSSR count). The summed E-state index contributed by atoms with van der Waals surface area (Å²) in [5.74, 6) is 0. The zero-order valence-corrected chi connectivity index (χ0v) is 10.7. The van der Waals surface area contributed by atoms with Crippen molar-refractivity contribution in [1.29, 1.82) is 0 Å². The molecule has 0 bridgehead atoms. The van der Waals surface area contributed by atoms with Crippen molar-refractivity contribution >= 4 is 23.0 Å². The molecule has 1 aromatic carbocycles. The molecular weight excluding hydrogens is 224 g/mol. The highest BCUT2D eigenvalue weighted by atomic mass is 35.5. The van der Waals surface area contributed by atoms with Crippen molar-refractivity contribution in [2.45, 2.75) is 39.3 Å². The average Bonchev–Trinajstić information content (AvgIpc) is 2.12. The lowest BCUT2D eigenvalue weighted by atomic mass is 10.1. The standard InChI is InChI=1S/C12H19ClN2O/c1-7-4-11(14)10(13)6-12(7)15-8(2)5-9(3)16/h4,6,8-9,15-16H,5,14H2,1-3H3. The molecule has 4 N–H and O–H groups in total. The molecule has 0 heterocycles. The summed E-state index contributed by atoms with van der Waals surface area (Å²) in [7, 11) is 0. The normalized spacial score (nSPS) is 14.6. The summed E-state index contributed by atoms with van der Waals surface area (Å²) in [6.45, 7) is 5.78. The SMILES string of the molecule is Cc1cc(N)c(Cl)cc1NC(C)CC(C)O. The van der Waals surface area contributed by atoms with Gasteiger partial charge in [0, 0.05) is 11.7 Å². The summed E-state index contributed by atoms with van der Waals surface area (Å²) in [5, 5.41) is 13.1. The van der Waals surface area contributed by atoms with Gasteiger partial charge in [0.05, 0.1) is 16.8 Å². The van der Waals surface area contributed by atoms with Crippen molar-refractivity contribution in [2.75, 3.05) is 11.1 Å². The van der Waals surface area contributed by atoms with Crippen LogP contribution in [0.15, 0.2) is 12.1 Å². The number of aliphatic hydroxyl groups excluding tert-OH is 1. The smallest absolute Gasteiger partial charge is 0.0656 e. The second-order valence-corrected chi connectivity index (χ2v) is 4.73. The van der Waals surface area contributed by atoms with Crippen LogP contribution in [0.25, 0.3) is 0 Å². The van der Waals surface area contributed by atoms with Gasteiger partial charge in [-0.2, -0.15) is 0 Å². The minimum Gasteiger partial charge on any atom is -0.398 e. The molecule has 0 saturated carbocycles. The van der Waals surface area contributed by atoms with E-state index in [1.807, 2.05) is 26.0 Å². The van der Waals surface area contributed by atoms with E-state index in [0.717, 1.165) is 11.3 Å². The van der Waals surface area contributed by atoms with Crippen LogP contribution < -0.4 is 11.1 Å². The molecule has 0 radical (unpaired) electrons. The first-order valence-corrected chi connectivity index (χ1v) is 5.78. The van der Waals surface area contributed by atoms with Gasteiger partial charge in [-0.1, -0.05) is 11.6 Å². The number of aliphatic hydroxyl groups is 1. The Labute approximate surface area is 102 Å². The molecule has 1 aromatic rings. The van der Waals surface area contributed by atoms with Crippen LogP contribution in [0.5, 0.6) is 0 Å². The van der Waals surface area contributed by atoms with Gasteiger partial charge >= 0.3 is 0 Å². The maximum Gasteiger partial charge on any atom is 0.0656 e. The maximum absolute atomic E-state index is 9.28. The molecule has 3 nitrogen and oxygen atoms in total. The molecule has 16 heavy (non-hydrogen) atoms. The molecule has 0 amide bonds. The fourth-order valence-electron chi connectivity index (χ4n) is 1.70. The number of benzene rings is 1. The van der Waals surface area contributed by atoms with Gasteiger partial charge in [-0.3, -0.25) is 0 Å². The summed E-state index contributed by atoms with van der Waals surface area (Å²) >= 11 is 5.96. The zero-order valence-electron chi connectivity index (χ0n) is 9.92. The summed E-state index contributed by atoms with van der Waals surface area (Å²) < 4.78 is 0. The minimum absolute atomic E-state index is 0.193. The Morgan fingerprint density at radius 2 is 2.06 bits per heavy atom. The maximum atomic E-state index is 9.28. The Hall–Kier alpha value is -0.930. The molecule has 0 aliphatic carbocycles. The van der Waals surface area contributed by atoms with Crippen LogP contribution >= 0.6 is 11.6 Å². The number of rotatable bonds is 4. The molecule has 4 heteroatoms. The van der Waals surface area contributed by atoms with Crippen LogP contribution in [0.2, 0.25) is 5.02 Å². The third-order valence-electron chi connectivity index (χ3n) is 2.44. The van der Waals surface area contributed by atoms with Gasteiger partial charge in [0.1, 0.15) is 0 Å². The van der Waals surface area contributed by atoms with Gasteiger partial charge in [0.2, 0.25) is 0 Å². The van der Waals surface area contributed by atoms with Crippen molar-refractivity contribution in [1.82, 2.24) is 0 Å². The molecule has 90 valence electrons. The van der Waals surface area contributed by atoms with E-state index >= 15 is 0 Å². The lowest BCUT2D eigenvalue weighted by Crippen LogP contribution is -2.21. The number of nitrogen functional groups attached to an aromatic ring is 1. The molecule has 0 aliphatic heterocycles. The Morgan fingerprint density at radius 3 is 2.62 bits per heavy atom. The fourth-order valence-corrected chi connectivity index (χ4v) is 1.86. The second kappa shape index (κ2) is 5.41. The lowest BCUT2D eigenvalue weighted by molar-refractivity contribution is 0.179. The molecule has 0 aromatic heterocycles. The number of aryl methyl sites for hydroxylation is 1. The Balaban J connectivity index is 2.77. The number of anilines is 2. The number of halogens is 1. The summed E-state index contributed by atoms with van der Waals surface area (Å²) in [4.78, 5) is 0. The van der Waals surface area contributed by atoms with Gasteiger partial charge in [-0.05, 0) is 44.9 Å². The fraction of sp³-hybridized carbons (Fsp3) is 0.500. The average molecular weight is 243 g/mol. The lowest BCUT2D eigenvalue weighted by Gasteiger charge is -2.19. The highest BCUT2D eigenvalue weighted by Gasteiger charge is 2.09. The van der Waals surface area contributed by atoms with E-state index < -0.39 is 0 Å². The second-order valence-electron chi connectivity index (χ2n) is 4.32. The van der Waals surface area contributed by atoms with E-state index in [4.69, 9.17) is 17.3 Å². The van der Waals surface area contributed by atoms with E-state index in [9.17, 15) is 5.11 Å². The van der Waals surface area contributed by atoms with Crippen molar-refractivity contribution < 1.29 is 5.11 Å². The predicted octanol–water partition coefficient (Wildman–Crippen LogP) is 2.80. The highest BCUT2D eigenvalue weighted by molar-refractivity contribution is 6.33. The predicted molar refractivity (Wildman–Crippen MR) is 70.0 cm³/mol.